The smallest absolute Gasteiger partial charge is 0.264 e. The summed E-state index contributed by atoms with van der Waals surface area (Å²) < 4.78 is 29.3. The van der Waals surface area contributed by atoms with Crippen LogP contribution < -0.4 is 9.62 Å². The molecule has 0 fully saturated rings. The molecule has 2 amide bonds. The highest BCUT2D eigenvalue weighted by Crippen LogP contribution is 2.31. The van der Waals surface area contributed by atoms with Crippen LogP contribution in [0.3, 0.4) is 0 Å². The molecular formula is C35H37Cl2N3O4S. The lowest BCUT2D eigenvalue weighted by atomic mass is 10.0. The number of amides is 2. The number of sulfonamides is 1. The van der Waals surface area contributed by atoms with Crippen molar-refractivity contribution in [2.75, 3.05) is 17.4 Å². The molecule has 0 aliphatic heterocycles. The monoisotopic (exact) mass is 665 g/mol. The van der Waals surface area contributed by atoms with E-state index in [-0.39, 0.29) is 39.5 Å². The summed E-state index contributed by atoms with van der Waals surface area (Å²) >= 11 is 12.5. The van der Waals surface area contributed by atoms with Crippen molar-refractivity contribution in [3.63, 3.8) is 0 Å². The van der Waals surface area contributed by atoms with Crippen molar-refractivity contribution in [1.29, 1.82) is 0 Å². The Labute approximate surface area is 275 Å². The van der Waals surface area contributed by atoms with Crippen molar-refractivity contribution in [2.45, 2.75) is 51.1 Å². The third-order valence-corrected chi connectivity index (χ3v) is 9.86. The van der Waals surface area contributed by atoms with E-state index in [9.17, 15) is 18.0 Å². The second kappa shape index (κ2) is 15.4. The highest BCUT2D eigenvalue weighted by atomic mass is 35.5. The van der Waals surface area contributed by atoms with Crippen molar-refractivity contribution in [2.24, 2.45) is 0 Å². The maximum absolute atomic E-state index is 14.5. The molecule has 0 saturated carbocycles. The molecule has 10 heteroatoms. The minimum absolute atomic E-state index is 0.0127. The summed E-state index contributed by atoms with van der Waals surface area (Å²) in [5, 5.41) is 3.34. The molecule has 1 atom stereocenters. The van der Waals surface area contributed by atoms with Gasteiger partial charge in [-0.1, -0.05) is 108 Å². The van der Waals surface area contributed by atoms with Crippen LogP contribution in [0.2, 0.25) is 10.0 Å². The molecule has 0 spiro atoms. The van der Waals surface area contributed by atoms with E-state index in [4.69, 9.17) is 23.2 Å². The zero-order valence-corrected chi connectivity index (χ0v) is 27.9. The van der Waals surface area contributed by atoms with Crippen molar-refractivity contribution in [3.8, 4) is 0 Å². The maximum atomic E-state index is 14.5. The average molecular weight is 667 g/mol. The summed E-state index contributed by atoms with van der Waals surface area (Å²) in [4.78, 5) is 29.7. The van der Waals surface area contributed by atoms with Gasteiger partial charge in [0.2, 0.25) is 11.8 Å². The number of nitrogens with one attached hydrogen (secondary N) is 1. The van der Waals surface area contributed by atoms with Gasteiger partial charge in [-0.3, -0.25) is 13.9 Å². The Bertz CT molecular complexity index is 1730. The Balaban J connectivity index is 1.81. The van der Waals surface area contributed by atoms with E-state index >= 15 is 0 Å². The summed E-state index contributed by atoms with van der Waals surface area (Å²) in [6.07, 6.45) is 0.959. The van der Waals surface area contributed by atoms with Gasteiger partial charge in [0.05, 0.1) is 20.6 Å². The van der Waals surface area contributed by atoms with Crippen LogP contribution in [0.15, 0.2) is 102 Å². The summed E-state index contributed by atoms with van der Waals surface area (Å²) in [5.74, 6) is -0.866. The molecular weight excluding hydrogens is 629 g/mol. The molecule has 1 N–H and O–H groups in total. The normalized spacial score (nSPS) is 11.9. The SMILES string of the molecule is CCCNC(=O)[C@@H](Cc1ccccc1)N(Cc1cccc(C)c1)C(=O)CN(c1ccc(Cl)c(Cl)c1)S(=O)(=O)c1ccc(C)cc1. The minimum atomic E-state index is -4.24. The number of aryl methyl sites for hydroxylation is 2. The van der Waals surface area contributed by atoms with Crippen LogP contribution in [-0.4, -0.2) is 44.3 Å². The second-order valence-corrected chi connectivity index (χ2v) is 13.6. The quantitative estimate of drug-likeness (QED) is 0.167. The summed E-state index contributed by atoms with van der Waals surface area (Å²) in [5.41, 5.74) is 3.73. The fraction of sp³-hybridized carbons (Fsp3) is 0.257. The largest absolute Gasteiger partial charge is 0.354 e. The van der Waals surface area contributed by atoms with E-state index in [0.29, 0.717) is 6.54 Å². The molecule has 4 aromatic rings. The number of hydrogen-bond acceptors (Lipinski definition) is 4. The van der Waals surface area contributed by atoms with Gasteiger partial charge in [-0.2, -0.15) is 0 Å². The Kier molecular flexibility index (Phi) is 11.7. The van der Waals surface area contributed by atoms with Crippen LogP contribution in [0.5, 0.6) is 0 Å². The van der Waals surface area contributed by atoms with Gasteiger partial charge in [-0.05, 0) is 61.7 Å². The van der Waals surface area contributed by atoms with Gasteiger partial charge in [-0.25, -0.2) is 8.42 Å². The van der Waals surface area contributed by atoms with Crippen LogP contribution >= 0.6 is 23.2 Å². The van der Waals surface area contributed by atoms with Gasteiger partial charge in [0.1, 0.15) is 12.6 Å². The lowest BCUT2D eigenvalue weighted by Crippen LogP contribution is -2.53. The number of carbonyl (C=O) groups excluding carboxylic acids is 2. The Morgan fingerprint density at radius 1 is 0.800 bits per heavy atom. The van der Waals surface area contributed by atoms with E-state index in [2.05, 4.69) is 5.32 Å². The predicted octanol–water partition coefficient (Wildman–Crippen LogP) is 6.97. The first-order chi connectivity index (χ1) is 21.5. The maximum Gasteiger partial charge on any atom is 0.264 e. The van der Waals surface area contributed by atoms with Gasteiger partial charge in [0.15, 0.2) is 0 Å². The van der Waals surface area contributed by atoms with E-state index in [1.165, 1.54) is 35.2 Å². The van der Waals surface area contributed by atoms with Crippen LogP contribution in [0.4, 0.5) is 5.69 Å². The summed E-state index contributed by atoms with van der Waals surface area (Å²) in [6.45, 7) is 5.71. The molecule has 0 aromatic heterocycles. The van der Waals surface area contributed by atoms with Gasteiger partial charge < -0.3 is 10.2 Å². The van der Waals surface area contributed by atoms with E-state index < -0.39 is 28.5 Å². The van der Waals surface area contributed by atoms with Crippen LogP contribution in [-0.2, 0) is 32.6 Å². The number of anilines is 1. The van der Waals surface area contributed by atoms with Gasteiger partial charge >= 0.3 is 0 Å². The summed E-state index contributed by atoms with van der Waals surface area (Å²) in [6, 6.07) is 27.0. The first kappa shape index (κ1) is 34.0. The van der Waals surface area contributed by atoms with Crippen LogP contribution in [0.1, 0.15) is 35.6 Å². The van der Waals surface area contributed by atoms with Crippen molar-refractivity contribution < 1.29 is 18.0 Å². The van der Waals surface area contributed by atoms with Gasteiger partial charge in [0.25, 0.3) is 10.0 Å². The Morgan fingerprint density at radius 2 is 1.49 bits per heavy atom. The molecule has 0 aliphatic carbocycles. The van der Waals surface area contributed by atoms with Crippen molar-refractivity contribution >= 4 is 50.7 Å². The highest BCUT2D eigenvalue weighted by Gasteiger charge is 2.34. The fourth-order valence-corrected chi connectivity index (χ4v) is 6.63. The number of nitrogens with zero attached hydrogens (tertiary/aromatic N) is 2. The first-order valence-corrected chi connectivity index (χ1v) is 16.9. The topological polar surface area (TPSA) is 86.8 Å². The molecule has 0 unspecified atom stereocenters. The van der Waals surface area contributed by atoms with E-state index in [1.54, 1.807) is 12.1 Å². The number of rotatable bonds is 13. The zero-order chi connectivity index (χ0) is 32.6. The lowest BCUT2D eigenvalue weighted by Gasteiger charge is -2.34. The third kappa shape index (κ3) is 8.87. The van der Waals surface area contributed by atoms with E-state index in [1.807, 2.05) is 75.4 Å². The molecule has 0 bridgehead atoms. The zero-order valence-electron chi connectivity index (χ0n) is 25.5. The molecule has 0 heterocycles. The third-order valence-electron chi connectivity index (χ3n) is 7.33. The molecule has 236 valence electrons. The molecule has 0 aliphatic rings. The minimum Gasteiger partial charge on any atom is -0.354 e. The van der Waals surface area contributed by atoms with Gasteiger partial charge in [-0.15, -0.1) is 0 Å². The standard InChI is InChI=1S/C35H37Cl2N3O4S/c1-4-19-38-35(42)33(21-27-10-6-5-7-11-27)39(23-28-12-8-9-26(3)20-28)34(41)24-40(29-15-18-31(36)32(37)22-29)45(43,44)30-16-13-25(2)14-17-30/h5-18,20,22,33H,4,19,21,23-24H2,1-3H3,(H,38,42)/t33-/m1/s1. The lowest BCUT2D eigenvalue weighted by molar-refractivity contribution is -0.140. The van der Waals surface area contributed by atoms with Crippen LogP contribution in [0.25, 0.3) is 0 Å². The van der Waals surface area contributed by atoms with E-state index in [0.717, 1.165) is 33.0 Å². The molecule has 7 nitrogen and oxygen atoms in total. The number of carbonyl (C=O) groups is 2. The van der Waals surface area contributed by atoms with Crippen LogP contribution in [0, 0.1) is 13.8 Å². The molecule has 4 rings (SSSR count). The molecule has 0 saturated heterocycles. The Morgan fingerprint density at radius 3 is 2.13 bits per heavy atom. The molecule has 4 aromatic carbocycles. The first-order valence-electron chi connectivity index (χ1n) is 14.7. The molecule has 45 heavy (non-hydrogen) atoms. The summed E-state index contributed by atoms with van der Waals surface area (Å²) in [7, 11) is -4.24. The molecule has 0 radical (unpaired) electrons. The van der Waals surface area contributed by atoms with Gasteiger partial charge in [0, 0.05) is 19.5 Å². The highest BCUT2D eigenvalue weighted by molar-refractivity contribution is 7.92. The number of halogens is 2. The number of hydrogen-bond donors (Lipinski definition) is 1. The second-order valence-electron chi connectivity index (χ2n) is 10.9. The average Bonchev–Trinajstić information content (AvgIpc) is 3.02. The van der Waals surface area contributed by atoms with Crippen molar-refractivity contribution in [1.82, 2.24) is 10.2 Å². The Hall–Kier alpha value is -3.85. The number of benzene rings is 4. The van der Waals surface area contributed by atoms with Crippen molar-refractivity contribution in [3.05, 3.63) is 129 Å². The predicted molar refractivity (Wildman–Crippen MR) is 181 cm³/mol. The fourth-order valence-electron chi connectivity index (χ4n) is 4.93.